The van der Waals surface area contributed by atoms with Gasteiger partial charge in [-0.3, -0.25) is 4.79 Å². The van der Waals surface area contributed by atoms with Crippen molar-refractivity contribution < 1.29 is 9.59 Å². The molecule has 2 N–H and O–H groups in total. The third kappa shape index (κ3) is 5.91. The highest BCUT2D eigenvalue weighted by Gasteiger charge is 2.17. The van der Waals surface area contributed by atoms with Crippen LogP contribution in [0.3, 0.4) is 0 Å². The second kappa shape index (κ2) is 8.41. The van der Waals surface area contributed by atoms with Crippen LogP contribution < -0.4 is 10.6 Å². The number of hydrogen-bond donors (Lipinski definition) is 2. The molecule has 1 atom stereocenters. The van der Waals surface area contributed by atoms with Gasteiger partial charge in [0.05, 0.1) is 18.5 Å². The minimum Gasteiger partial charge on any atom is -0.343 e. The fourth-order valence-electron chi connectivity index (χ4n) is 2.33. The molecule has 0 radical (unpaired) electrons. The van der Waals surface area contributed by atoms with Gasteiger partial charge in [0, 0.05) is 19.6 Å². The molecule has 1 fully saturated rings. The number of likely N-dealkylation sites (N-methyl/N-ethyl adjacent to an activating group) is 1. The third-order valence-electron chi connectivity index (χ3n) is 3.53. The number of carbonyl (C=O) groups excluding carboxylic acids is 2. The predicted molar refractivity (Wildman–Crippen MR) is 75.8 cm³/mol. The Morgan fingerprint density at radius 2 is 2.00 bits per heavy atom. The van der Waals surface area contributed by atoms with Crippen molar-refractivity contribution in [2.75, 3.05) is 20.1 Å². The molecule has 0 bridgehead atoms. The maximum atomic E-state index is 11.8. The van der Waals surface area contributed by atoms with Crippen LogP contribution in [0.5, 0.6) is 0 Å². The fraction of sp³-hybridized carbons (Fsp3) is 0.786. The Hall–Kier alpha value is -1.77. The second-order valence-electron chi connectivity index (χ2n) is 5.47. The topological polar surface area (TPSA) is 85.2 Å². The van der Waals surface area contributed by atoms with E-state index in [1.807, 2.05) is 0 Å². The first-order chi connectivity index (χ1) is 9.52. The monoisotopic (exact) mass is 280 g/mol. The zero-order chi connectivity index (χ0) is 15.0. The van der Waals surface area contributed by atoms with Crippen LogP contribution in [0.1, 0.15) is 39.0 Å². The number of urea groups is 1. The number of carbonyl (C=O) groups is 2. The molecule has 1 rings (SSSR count). The van der Waals surface area contributed by atoms with Gasteiger partial charge >= 0.3 is 6.03 Å². The highest BCUT2D eigenvalue weighted by molar-refractivity contribution is 5.83. The third-order valence-corrected chi connectivity index (χ3v) is 3.53. The lowest BCUT2D eigenvalue weighted by Crippen LogP contribution is -2.46. The lowest BCUT2D eigenvalue weighted by molar-refractivity contribution is -0.129. The zero-order valence-corrected chi connectivity index (χ0v) is 12.3. The summed E-state index contributed by atoms with van der Waals surface area (Å²) in [6.45, 7) is 2.10. The van der Waals surface area contributed by atoms with E-state index in [1.165, 1.54) is 11.3 Å². The summed E-state index contributed by atoms with van der Waals surface area (Å²) in [5.74, 6) is -0.397. The number of amides is 3. The zero-order valence-electron chi connectivity index (χ0n) is 12.3. The number of rotatable bonds is 5. The van der Waals surface area contributed by atoms with Crippen molar-refractivity contribution in [3.63, 3.8) is 0 Å². The summed E-state index contributed by atoms with van der Waals surface area (Å²) in [5.41, 5.74) is 0. The molecule has 6 nitrogen and oxygen atoms in total. The highest BCUT2D eigenvalue weighted by Crippen LogP contribution is 2.17. The average Bonchev–Trinajstić information content (AvgIpc) is 2.45. The van der Waals surface area contributed by atoms with Crippen molar-refractivity contribution in [2.24, 2.45) is 5.92 Å². The number of nitrogens with one attached hydrogen (secondary N) is 2. The van der Waals surface area contributed by atoms with Crippen LogP contribution >= 0.6 is 0 Å². The van der Waals surface area contributed by atoms with Crippen LogP contribution in [0, 0.1) is 17.2 Å². The Kier molecular flexibility index (Phi) is 6.85. The Labute approximate surface area is 120 Å². The lowest BCUT2D eigenvalue weighted by Gasteiger charge is -2.23. The Morgan fingerprint density at radius 3 is 2.60 bits per heavy atom. The SMILES string of the molecule is C[C@H](C#N)CN(C)C(=O)CNC(=O)NC1CCCCC1. The van der Waals surface area contributed by atoms with Crippen molar-refractivity contribution in [3.8, 4) is 6.07 Å². The summed E-state index contributed by atoms with van der Waals surface area (Å²) in [6, 6.07) is 2.02. The Balaban J connectivity index is 2.22. The van der Waals surface area contributed by atoms with Crippen LogP contribution in [0.25, 0.3) is 0 Å². The number of nitrogens with zero attached hydrogens (tertiary/aromatic N) is 2. The Bertz CT molecular complexity index is 372. The van der Waals surface area contributed by atoms with Crippen LogP contribution in [-0.4, -0.2) is 43.0 Å². The first kappa shape index (κ1) is 16.3. The smallest absolute Gasteiger partial charge is 0.315 e. The molecule has 0 saturated heterocycles. The number of hydrogen-bond acceptors (Lipinski definition) is 3. The van der Waals surface area contributed by atoms with E-state index in [4.69, 9.17) is 5.26 Å². The molecule has 0 aromatic rings. The van der Waals surface area contributed by atoms with Crippen molar-refractivity contribution in [3.05, 3.63) is 0 Å². The van der Waals surface area contributed by atoms with Gasteiger partial charge in [-0.1, -0.05) is 19.3 Å². The van der Waals surface area contributed by atoms with Crippen molar-refractivity contribution >= 4 is 11.9 Å². The molecule has 0 spiro atoms. The Morgan fingerprint density at radius 1 is 1.35 bits per heavy atom. The minimum atomic E-state index is -0.285. The largest absolute Gasteiger partial charge is 0.343 e. The molecule has 112 valence electrons. The van der Waals surface area contributed by atoms with E-state index in [2.05, 4.69) is 16.7 Å². The van der Waals surface area contributed by atoms with Crippen molar-refractivity contribution in [2.45, 2.75) is 45.1 Å². The van der Waals surface area contributed by atoms with Gasteiger partial charge in [-0.2, -0.15) is 5.26 Å². The van der Waals surface area contributed by atoms with E-state index < -0.39 is 0 Å². The second-order valence-corrected chi connectivity index (χ2v) is 5.47. The van der Waals surface area contributed by atoms with Gasteiger partial charge in [0.15, 0.2) is 0 Å². The molecule has 1 aliphatic rings. The maximum absolute atomic E-state index is 11.8. The van der Waals surface area contributed by atoms with Gasteiger partial charge in [0.1, 0.15) is 0 Å². The summed E-state index contributed by atoms with van der Waals surface area (Å²) in [4.78, 5) is 24.9. The van der Waals surface area contributed by atoms with E-state index in [-0.39, 0.29) is 30.4 Å². The molecule has 20 heavy (non-hydrogen) atoms. The summed E-state index contributed by atoms with van der Waals surface area (Å²) in [5, 5.41) is 14.2. The normalized spacial score (nSPS) is 16.9. The number of nitriles is 1. The fourth-order valence-corrected chi connectivity index (χ4v) is 2.33. The van der Waals surface area contributed by atoms with Gasteiger partial charge in [-0.15, -0.1) is 0 Å². The van der Waals surface area contributed by atoms with E-state index >= 15 is 0 Å². The van der Waals surface area contributed by atoms with Gasteiger partial charge in [-0.05, 0) is 19.8 Å². The predicted octanol–water partition coefficient (Wildman–Crippen LogP) is 1.24. The molecule has 0 aromatic heterocycles. The van der Waals surface area contributed by atoms with E-state index in [0.29, 0.717) is 6.54 Å². The summed E-state index contributed by atoms with van der Waals surface area (Å²) in [6.07, 6.45) is 5.57. The molecule has 1 saturated carbocycles. The minimum absolute atomic E-state index is 0.0345. The molecule has 1 aliphatic carbocycles. The van der Waals surface area contributed by atoms with Gasteiger partial charge in [0.25, 0.3) is 0 Å². The average molecular weight is 280 g/mol. The summed E-state index contributed by atoms with van der Waals surface area (Å²) < 4.78 is 0. The van der Waals surface area contributed by atoms with Crippen molar-refractivity contribution in [1.82, 2.24) is 15.5 Å². The van der Waals surface area contributed by atoms with Gasteiger partial charge in [-0.25, -0.2) is 4.79 Å². The first-order valence-corrected chi connectivity index (χ1v) is 7.21. The van der Waals surface area contributed by atoms with Crippen LogP contribution in [0.2, 0.25) is 0 Å². The molecular weight excluding hydrogens is 256 g/mol. The summed E-state index contributed by atoms with van der Waals surface area (Å²) in [7, 11) is 1.64. The van der Waals surface area contributed by atoms with Crippen LogP contribution in [0.4, 0.5) is 4.79 Å². The standard InChI is InChI=1S/C14H24N4O2/c1-11(8-15)10-18(2)13(19)9-16-14(20)17-12-6-4-3-5-7-12/h11-12H,3-7,9-10H2,1-2H3,(H2,16,17,20)/t11-/m1/s1. The van der Waals surface area contributed by atoms with E-state index in [1.54, 1.807) is 14.0 Å². The van der Waals surface area contributed by atoms with Gasteiger partial charge in [0.2, 0.25) is 5.91 Å². The molecule has 3 amide bonds. The highest BCUT2D eigenvalue weighted by atomic mass is 16.2. The van der Waals surface area contributed by atoms with Crippen molar-refractivity contribution in [1.29, 1.82) is 5.26 Å². The molecule has 6 heteroatoms. The maximum Gasteiger partial charge on any atom is 0.315 e. The quantitative estimate of drug-likeness (QED) is 0.794. The summed E-state index contributed by atoms with van der Waals surface area (Å²) >= 11 is 0. The lowest BCUT2D eigenvalue weighted by atomic mass is 9.96. The molecular formula is C14H24N4O2. The molecule has 0 unspecified atom stereocenters. The van der Waals surface area contributed by atoms with Crippen LogP contribution in [0.15, 0.2) is 0 Å². The molecule has 0 aromatic carbocycles. The van der Waals surface area contributed by atoms with Gasteiger partial charge < -0.3 is 15.5 Å². The molecule has 0 aliphatic heterocycles. The first-order valence-electron chi connectivity index (χ1n) is 7.21. The van der Waals surface area contributed by atoms with E-state index in [0.717, 1.165) is 25.7 Å². The van der Waals surface area contributed by atoms with Crippen LogP contribution in [-0.2, 0) is 4.79 Å². The van der Waals surface area contributed by atoms with E-state index in [9.17, 15) is 9.59 Å². The molecule has 0 heterocycles.